The quantitative estimate of drug-likeness (QED) is 0.551. The van der Waals surface area contributed by atoms with Crippen molar-refractivity contribution in [1.82, 2.24) is 0 Å². The largest absolute Gasteiger partial charge is 0.207 e. The van der Waals surface area contributed by atoms with E-state index in [1.54, 1.807) is 0 Å². The van der Waals surface area contributed by atoms with Crippen molar-refractivity contribution in [2.24, 2.45) is 0 Å². The molecule has 2 rings (SSSR count). The minimum absolute atomic E-state index is 0.0302. The third kappa shape index (κ3) is 2.56. The summed E-state index contributed by atoms with van der Waals surface area (Å²) in [7, 11) is 0. The first-order valence-electron chi connectivity index (χ1n) is 5.01. The van der Waals surface area contributed by atoms with Crippen LogP contribution in [0.2, 0.25) is 0 Å². The van der Waals surface area contributed by atoms with Crippen LogP contribution in [0.1, 0.15) is 5.56 Å². The summed E-state index contributed by atoms with van der Waals surface area (Å²) >= 11 is 2.96. The van der Waals surface area contributed by atoms with Gasteiger partial charge in [0.05, 0.1) is 0 Å². The van der Waals surface area contributed by atoms with E-state index in [1.165, 1.54) is 0 Å². The van der Waals surface area contributed by atoms with Gasteiger partial charge in [0, 0.05) is 17.0 Å². The summed E-state index contributed by atoms with van der Waals surface area (Å²) in [6.07, 6.45) is 0. The highest BCUT2D eigenvalue weighted by Crippen LogP contribution is 2.26. The van der Waals surface area contributed by atoms with Gasteiger partial charge < -0.3 is 0 Å². The molecule has 2 aromatic carbocycles. The molecule has 0 unspecified atom stereocenters. The lowest BCUT2D eigenvalue weighted by molar-refractivity contribution is 0.567. The predicted molar refractivity (Wildman–Crippen MR) is 64.3 cm³/mol. The van der Waals surface area contributed by atoms with Crippen molar-refractivity contribution < 1.29 is 17.6 Å². The summed E-state index contributed by atoms with van der Waals surface area (Å²) in [6.45, 7) is 0. The van der Waals surface area contributed by atoms with Crippen molar-refractivity contribution in [1.29, 1.82) is 0 Å². The number of hydrogen-bond donors (Lipinski definition) is 0. The van der Waals surface area contributed by atoms with E-state index in [1.807, 2.05) is 0 Å². The van der Waals surface area contributed by atoms with Crippen molar-refractivity contribution in [3.05, 3.63) is 59.2 Å². The average molecular weight is 319 g/mol. The molecule has 5 heteroatoms. The van der Waals surface area contributed by atoms with Crippen LogP contribution in [0.25, 0.3) is 11.1 Å². The third-order valence-corrected chi connectivity index (χ3v) is 3.03. The molecule has 0 nitrogen and oxygen atoms in total. The molecule has 0 radical (unpaired) electrons. The van der Waals surface area contributed by atoms with Gasteiger partial charge in [-0.25, -0.2) is 17.6 Å². The molecule has 0 atom stereocenters. The fraction of sp³-hybridized carbons (Fsp3) is 0.0769. The molecule has 0 aliphatic carbocycles. The molecule has 94 valence electrons. The Hall–Kier alpha value is -1.36. The number of rotatable bonds is 2. The lowest BCUT2D eigenvalue weighted by Gasteiger charge is -2.07. The topological polar surface area (TPSA) is 0 Å². The number of halogens is 5. The standard InChI is InChI=1S/C13H7BrF4/c14-6-11-12(17)3-8(4-13(11)18)7-1-9(15)5-10(16)2-7/h1-5H,6H2. The van der Waals surface area contributed by atoms with E-state index in [9.17, 15) is 17.6 Å². The van der Waals surface area contributed by atoms with Gasteiger partial charge in [0.25, 0.3) is 0 Å². The molecule has 0 aliphatic rings. The van der Waals surface area contributed by atoms with Crippen molar-refractivity contribution >= 4 is 15.9 Å². The Kier molecular flexibility index (Phi) is 3.71. The van der Waals surface area contributed by atoms with Crippen molar-refractivity contribution in [2.45, 2.75) is 5.33 Å². The van der Waals surface area contributed by atoms with Crippen molar-refractivity contribution in [2.75, 3.05) is 0 Å². The summed E-state index contributed by atoms with van der Waals surface area (Å²) in [5.74, 6) is -3.11. The van der Waals surface area contributed by atoms with Gasteiger partial charge in [-0.05, 0) is 35.4 Å². The highest BCUT2D eigenvalue weighted by molar-refractivity contribution is 9.08. The molecule has 0 fully saturated rings. The van der Waals surface area contributed by atoms with Crippen LogP contribution < -0.4 is 0 Å². The van der Waals surface area contributed by atoms with Gasteiger partial charge in [0.2, 0.25) is 0 Å². The number of hydrogen-bond acceptors (Lipinski definition) is 0. The van der Waals surface area contributed by atoms with E-state index in [0.717, 1.165) is 24.3 Å². The Morgan fingerprint density at radius 3 is 1.61 bits per heavy atom. The molecule has 0 saturated carbocycles. The minimum atomic E-state index is -0.796. The monoisotopic (exact) mass is 318 g/mol. The van der Waals surface area contributed by atoms with Crippen molar-refractivity contribution in [3.8, 4) is 11.1 Å². The van der Waals surface area contributed by atoms with Crippen LogP contribution in [0.15, 0.2) is 30.3 Å². The van der Waals surface area contributed by atoms with Crippen LogP contribution in [0, 0.1) is 23.3 Å². The lowest BCUT2D eigenvalue weighted by Crippen LogP contribution is -1.94. The normalized spacial score (nSPS) is 10.7. The average Bonchev–Trinajstić information content (AvgIpc) is 2.27. The van der Waals surface area contributed by atoms with Gasteiger partial charge in [-0.1, -0.05) is 15.9 Å². The van der Waals surface area contributed by atoms with Gasteiger partial charge in [-0.15, -0.1) is 0 Å². The van der Waals surface area contributed by atoms with Gasteiger partial charge in [0.15, 0.2) is 0 Å². The zero-order valence-electron chi connectivity index (χ0n) is 8.98. The molecule has 0 bridgehead atoms. The first-order valence-corrected chi connectivity index (χ1v) is 6.13. The molecule has 0 amide bonds. The van der Waals surface area contributed by atoms with Crippen LogP contribution in [0.3, 0.4) is 0 Å². The Morgan fingerprint density at radius 2 is 1.17 bits per heavy atom. The molecule has 2 aromatic rings. The molecule has 0 N–H and O–H groups in total. The molecule has 0 heterocycles. The van der Waals surface area contributed by atoms with E-state index in [0.29, 0.717) is 6.07 Å². The van der Waals surface area contributed by atoms with E-state index >= 15 is 0 Å². The third-order valence-electron chi connectivity index (χ3n) is 2.47. The zero-order chi connectivity index (χ0) is 13.3. The maximum atomic E-state index is 13.5. The predicted octanol–water partition coefficient (Wildman–Crippen LogP) is 4.80. The highest BCUT2D eigenvalue weighted by atomic mass is 79.9. The van der Waals surface area contributed by atoms with Gasteiger partial charge in [-0.3, -0.25) is 0 Å². The molecule has 0 spiro atoms. The summed E-state index contributed by atoms with van der Waals surface area (Å²) in [4.78, 5) is 0. The van der Waals surface area contributed by atoms with E-state index in [2.05, 4.69) is 15.9 Å². The molecule has 0 aliphatic heterocycles. The summed E-state index contributed by atoms with van der Waals surface area (Å²) < 4.78 is 53.1. The van der Waals surface area contributed by atoms with Crippen LogP contribution >= 0.6 is 15.9 Å². The molecular weight excluding hydrogens is 312 g/mol. The summed E-state index contributed by atoms with van der Waals surface area (Å²) in [5.41, 5.74) is 0.0650. The second kappa shape index (κ2) is 5.10. The second-order valence-corrected chi connectivity index (χ2v) is 4.27. The minimum Gasteiger partial charge on any atom is -0.207 e. The molecular formula is C13H7BrF4. The number of alkyl halides is 1. The molecule has 0 saturated heterocycles. The van der Waals surface area contributed by atoms with Gasteiger partial charge >= 0.3 is 0 Å². The summed E-state index contributed by atoms with van der Waals surface area (Å²) in [6, 6.07) is 4.83. The van der Waals surface area contributed by atoms with Crippen LogP contribution in [0.4, 0.5) is 17.6 Å². The van der Waals surface area contributed by atoms with Gasteiger partial charge in [0.1, 0.15) is 23.3 Å². The SMILES string of the molecule is Fc1cc(F)cc(-c2cc(F)c(CBr)c(F)c2)c1. The lowest BCUT2D eigenvalue weighted by atomic mass is 10.0. The van der Waals surface area contributed by atoms with E-state index in [4.69, 9.17) is 0 Å². The van der Waals surface area contributed by atoms with E-state index < -0.39 is 23.3 Å². The summed E-state index contributed by atoms with van der Waals surface area (Å²) in [5, 5.41) is 0.0302. The Morgan fingerprint density at radius 1 is 0.722 bits per heavy atom. The van der Waals surface area contributed by atoms with E-state index in [-0.39, 0.29) is 22.0 Å². The van der Waals surface area contributed by atoms with Crippen molar-refractivity contribution in [3.63, 3.8) is 0 Å². The van der Waals surface area contributed by atoms with Crippen LogP contribution in [0.5, 0.6) is 0 Å². The Bertz CT molecular complexity index is 552. The van der Waals surface area contributed by atoms with Gasteiger partial charge in [-0.2, -0.15) is 0 Å². The maximum absolute atomic E-state index is 13.5. The Labute approximate surface area is 109 Å². The smallest absolute Gasteiger partial charge is 0.130 e. The second-order valence-electron chi connectivity index (χ2n) is 3.71. The fourth-order valence-electron chi connectivity index (χ4n) is 1.62. The van der Waals surface area contributed by atoms with Crippen LogP contribution in [-0.2, 0) is 5.33 Å². The van der Waals surface area contributed by atoms with Crippen LogP contribution in [-0.4, -0.2) is 0 Å². The zero-order valence-corrected chi connectivity index (χ0v) is 10.6. The first-order chi connectivity index (χ1) is 8.51. The fourth-order valence-corrected chi connectivity index (χ4v) is 2.15. The highest BCUT2D eigenvalue weighted by Gasteiger charge is 2.12. The molecule has 18 heavy (non-hydrogen) atoms. The Balaban J connectivity index is 2.58. The maximum Gasteiger partial charge on any atom is 0.130 e. The molecule has 0 aromatic heterocycles. The number of benzene rings is 2. The first kappa shape index (κ1) is 13.1.